The molecule has 1 saturated heterocycles. The molecular weight excluding hydrogens is 328 g/mol. The first kappa shape index (κ1) is 18.9. The summed E-state index contributed by atoms with van der Waals surface area (Å²) in [6.45, 7) is 10.6. The molecule has 0 radical (unpaired) electrons. The van der Waals surface area contributed by atoms with Crippen molar-refractivity contribution in [2.75, 3.05) is 33.4 Å². The highest BCUT2D eigenvalue weighted by Gasteiger charge is 2.35. The molecule has 0 unspecified atom stereocenters. The van der Waals surface area contributed by atoms with Crippen molar-refractivity contribution in [3.63, 3.8) is 0 Å². The number of ether oxygens (including phenoxy) is 2. The van der Waals surface area contributed by atoms with Crippen molar-refractivity contribution in [1.29, 1.82) is 0 Å². The van der Waals surface area contributed by atoms with E-state index in [0.29, 0.717) is 11.8 Å². The van der Waals surface area contributed by atoms with Gasteiger partial charge in [0.05, 0.1) is 25.6 Å². The van der Waals surface area contributed by atoms with Crippen LogP contribution in [0.15, 0.2) is 18.6 Å². The van der Waals surface area contributed by atoms with Gasteiger partial charge in [0.1, 0.15) is 5.75 Å². The van der Waals surface area contributed by atoms with Crippen molar-refractivity contribution in [2.45, 2.75) is 33.2 Å². The van der Waals surface area contributed by atoms with Gasteiger partial charge in [0.2, 0.25) is 0 Å². The monoisotopic (exact) mass is 358 g/mol. The van der Waals surface area contributed by atoms with Crippen LogP contribution >= 0.6 is 0 Å². The first-order valence-electron chi connectivity index (χ1n) is 9.31. The van der Waals surface area contributed by atoms with Crippen molar-refractivity contribution < 1.29 is 9.47 Å². The fourth-order valence-electron chi connectivity index (χ4n) is 3.98. The molecule has 6 heteroatoms. The molecule has 0 aliphatic carbocycles. The van der Waals surface area contributed by atoms with E-state index in [0.717, 1.165) is 55.4 Å². The second-order valence-electron chi connectivity index (χ2n) is 7.21. The van der Waals surface area contributed by atoms with Gasteiger partial charge in [-0.3, -0.25) is 14.6 Å². The number of aromatic nitrogens is 3. The highest BCUT2D eigenvalue weighted by atomic mass is 16.5. The molecule has 2 aromatic heterocycles. The van der Waals surface area contributed by atoms with Gasteiger partial charge in [-0.25, -0.2) is 0 Å². The molecule has 1 aliphatic rings. The zero-order valence-electron chi connectivity index (χ0n) is 16.5. The zero-order valence-corrected chi connectivity index (χ0v) is 16.5. The summed E-state index contributed by atoms with van der Waals surface area (Å²) < 4.78 is 13.2. The molecular formula is C20H30N4O2. The van der Waals surface area contributed by atoms with Crippen LogP contribution in [-0.4, -0.2) is 53.1 Å². The maximum absolute atomic E-state index is 5.76. The first-order valence-corrected chi connectivity index (χ1v) is 9.31. The van der Waals surface area contributed by atoms with E-state index < -0.39 is 0 Å². The first-order chi connectivity index (χ1) is 12.5. The Balaban J connectivity index is 1.77. The second-order valence-corrected chi connectivity index (χ2v) is 7.21. The van der Waals surface area contributed by atoms with Crippen LogP contribution in [0.25, 0.3) is 0 Å². The van der Waals surface area contributed by atoms with E-state index in [1.54, 1.807) is 7.11 Å². The summed E-state index contributed by atoms with van der Waals surface area (Å²) in [6, 6.07) is 0. The molecule has 6 nitrogen and oxygen atoms in total. The van der Waals surface area contributed by atoms with Crippen LogP contribution in [0.1, 0.15) is 35.2 Å². The van der Waals surface area contributed by atoms with Gasteiger partial charge in [0.15, 0.2) is 0 Å². The number of methoxy groups -OCH3 is 1. The highest BCUT2D eigenvalue weighted by molar-refractivity contribution is 5.41. The molecule has 3 heterocycles. The average molecular weight is 358 g/mol. The number of aryl methyl sites for hydroxylation is 2. The maximum atomic E-state index is 5.76. The maximum Gasteiger partial charge on any atom is 0.128 e. The minimum atomic E-state index is 0.447. The van der Waals surface area contributed by atoms with E-state index >= 15 is 0 Å². The SMILES string of the molecule is CCOC[C@@H]1CN(Cc2ncc(C)c(OC)c2C)C[C@H]1c1cnn(C)c1. The number of hydrogen-bond donors (Lipinski definition) is 0. The Hall–Kier alpha value is -1.92. The molecule has 2 aromatic rings. The van der Waals surface area contributed by atoms with Gasteiger partial charge in [0.25, 0.3) is 0 Å². The van der Waals surface area contributed by atoms with E-state index in [4.69, 9.17) is 9.47 Å². The molecule has 0 spiro atoms. The number of hydrogen-bond acceptors (Lipinski definition) is 5. The van der Waals surface area contributed by atoms with Crippen LogP contribution in [0.2, 0.25) is 0 Å². The van der Waals surface area contributed by atoms with Gasteiger partial charge in [-0.15, -0.1) is 0 Å². The lowest BCUT2D eigenvalue weighted by atomic mass is 9.92. The van der Waals surface area contributed by atoms with Gasteiger partial charge in [-0.1, -0.05) is 0 Å². The summed E-state index contributed by atoms with van der Waals surface area (Å²) in [7, 11) is 3.70. The Morgan fingerprint density at radius 1 is 1.23 bits per heavy atom. The van der Waals surface area contributed by atoms with Gasteiger partial charge in [0, 0.05) is 68.6 Å². The van der Waals surface area contributed by atoms with E-state index in [2.05, 4.69) is 35.0 Å². The van der Waals surface area contributed by atoms with Crippen molar-refractivity contribution in [2.24, 2.45) is 13.0 Å². The lowest BCUT2D eigenvalue weighted by Crippen LogP contribution is -2.22. The van der Waals surface area contributed by atoms with Crippen LogP contribution in [0.4, 0.5) is 0 Å². The summed E-state index contributed by atoms with van der Waals surface area (Å²) in [4.78, 5) is 7.15. The van der Waals surface area contributed by atoms with Crippen molar-refractivity contribution >= 4 is 0 Å². The topological polar surface area (TPSA) is 52.4 Å². The Morgan fingerprint density at radius 3 is 2.69 bits per heavy atom. The molecule has 26 heavy (non-hydrogen) atoms. The summed E-state index contributed by atoms with van der Waals surface area (Å²) in [5.41, 5.74) is 4.61. The largest absolute Gasteiger partial charge is 0.496 e. The molecule has 1 fully saturated rings. The van der Waals surface area contributed by atoms with E-state index in [1.807, 2.05) is 31.0 Å². The fraction of sp³-hybridized carbons (Fsp3) is 0.600. The van der Waals surface area contributed by atoms with Crippen molar-refractivity contribution in [3.8, 4) is 5.75 Å². The highest BCUT2D eigenvalue weighted by Crippen LogP contribution is 2.34. The second kappa shape index (κ2) is 8.18. The molecule has 1 aliphatic heterocycles. The fourth-order valence-corrected chi connectivity index (χ4v) is 3.98. The quantitative estimate of drug-likeness (QED) is 0.762. The summed E-state index contributed by atoms with van der Waals surface area (Å²) >= 11 is 0. The average Bonchev–Trinajstić information content (AvgIpc) is 3.22. The minimum Gasteiger partial charge on any atom is -0.496 e. The van der Waals surface area contributed by atoms with Crippen LogP contribution in [-0.2, 0) is 18.3 Å². The number of pyridine rings is 1. The predicted octanol–water partition coefficient (Wildman–Crippen LogP) is 2.69. The Morgan fingerprint density at radius 2 is 2.04 bits per heavy atom. The number of rotatable bonds is 7. The Kier molecular flexibility index (Phi) is 5.94. The molecule has 0 amide bonds. The molecule has 142 valence electrons. The normalized spacial score (nSPS) is 20.7. The van der Waals surface area contributed by atoms with Crippen molar-refractivity contribution in [3.05, 3.63) is 41.0 Å². The van der Waals surface area contributed by atoms with Crippen LogP contribution in [0.3, 0.4) is 0 Å². The minimum absolute atomic E-state index is 0.447. The number of nitrogens with zero attached hydrogens (tertiary/aromatic N) is 4. The van der Waals surface area contributed by atoms with Crippen molar-refractivity contribution in [1.82, 2.24) is 19.7 Å². The molecule has 0 N–H and O–H groups in total. The molecule has 0 saturated carbocycles. The third-order valence-corrected chi connectivity index (χ3v) is 5.33. The third kappa shape index (κ3) is 3.91. The van der Waals surface area contributed by atoms with Gasteiger partial charge in [-0.05, 0) is 26.3 Å². The van der Waals surface area contributed by atoms with Gasteiger partial charge < -0.3 is 9.47 Å². The standard InChI is InChI=1S/C20H30N4O2/c1-6-26-13-17-10-24(11-18(17)16-8-22-23(4)9-16)12-19-15(3)20(25-5)14(2)7-21-19/h7-9,17-18H,6,10-13H2,1-5H3/t17-,18-/m0/s1. The third-order valence-electron chi connectivity index (χ3n) is 5.33. The summed E-state index contributed by atoms with van der Waals surface area (Å²) in [5, 5.41) is 4.36. The van der Waals surface area contributed by atoms with Gasteiger partial charge >= 0.3 is 0 Å². The summed E-state index contributed by atoms with van der Waals surface area (Å²) in [6.07, 6.45) is 6.03. The molecule has 0 bridgehead atoms. The smallest absolute Gasteiger partial charge is 0.128 e. The zero-order chi connectivity index (χ0) is 18.7. The Labute approximate surface area is 156 Å². The Bertz CT molecular complexity index is 743. The molecule has 0 aromatic carbocycles. The van der Waals surface area contributed by atoms with E-state index in [1.165, 1.54) is 5.56 Å². The van der Waals surface area contributed by atoms with Crippen LogP contribution in [0.5, 0.6) is 5.75 Å². The van der Waals surface area contributed by atoms with Gasteiger partial charge in [-0.2, -0.15) is 5.10 Å². The van der Waals surface area contributed by atoms with E-state index in [9.17, 15) is 0 Å². The molecule has 2 atom stereocenters. The van der Waals surface area contributed by atoms with Crippen LogP contribution < -0.4 is 4.74 Å². The lowest BCUT2D eigenvalue weighted by Gasteiger charge is -2.18. The number of likely N-dealkylation sites (tertiary alicyclic amines) is 1. The predicted molar refractivity (Wildman–Crippen MR) is 101 cm³/mol. The summed E-state index contributed by atoms with van der Waals surface area (Å²) in [5.74, 6) is 1.87. The van der Waals surface area contributed by atoms with E-state index in [-0.39, 0.29) is 0 Å². The molecule has 3 rings (SSSR count). The van der Waals surface area contributed by atoms with Crippen LogP contribution in [0, 0.1) is 19.8 Å². The lowest BCUT2D eigenvalue weighted by molar-refractivity contribution is 0.107.